The molecule has 3 nitrogen and oxygen atoms in total. The molecular formula is C17H23NO2. The highest BCUT2D eigenvalue weighted by Gasteiger charge is 2.27. The fourth-order valence-corrected chi connectivity index (χ4v) is 1.83. The molecule has 0 aliphatic carbocycles. The van der Waals surface area contributed by atoms with E-state index in [1.165, 1.54) is 0 Å². The molecule has 0 aliphatic rings. The van der Waals surface area contributed by atoms with Crippen LogP contribution in [0.2, 0.25) is 0 Å². The van der Waals surface area contributed by atoms with Gasteiger partial charge in [-0.1, -0.05) is 38.7 Å². The maximum absolute atomic E-state index is 12.5. The molecule has 0 saturated carbocycles. The lowest BCUT2D eigenvalue weighted by Crippen LogP contribution is -2.42. The highest BCUT2D eigenvalue weighted by atomic mass is 16.2. The number of hydrogen-bond acceptors (Lipinski definition) is 2. The van der Waals surface area contributed by atoms with Crippen LogP contribution in [0, 0.1) is 17.3 Å². The molecule has 1 rings (SSSR count). The Morgan fingerprint density at radius 2 is 2.05 bits per heavy atom. The summed E-state index contributed by atoms with van der Waals surface area (Å²) < 4.78 is 0. The number of hydrogen-bond donors (Lipinski definition) is 1. The molecule has 0 aromatic heterocycles. The number of aliphatic hydroxyl groups excluding tert-OH is 1. The van der Waals surface area contributed by atoms with Crippen molar-refractivity contribution in [1.82, 2.24) is 4.90 Å². The van der Waals surface area contributed by atoms with Crippen LogP contribution in [-0.2, 0) is 0 Å². The molecule has 1 atom stereocenters. The molecule has 0 aliphatic heterocycles. The second-order valence-corrected chi connectivity index (χ2v) is 6.00. The summed E-state index contributed by atoms with van der Waals surface area (Å²) in [6.07, 6.45) is 0. The highest BCUT2D eigenvalue weighted by Crippen LogP contribution is 2.24. The Morgan fingerprint density at radius 1 is 1.40 bits per heavy atom. The molecule has 0 fully saturated rings. The number of aliphatic hydroxyl groups is 1. The first-order valence-corrected chi connectivity index (χ1v) is 6.74. The molecule has 0 saturated heterocycles. The normalized spacial score (nSPS) is 12.3. The summed E-state index contributed by atoms with van der Waals surface area (Å²) in [5.41, 5.74) is 1.38. The van der Waals surface area contributed by atoms with E-state index in [4.69, 9.17) is 5.11 Å². The molecule has 0 radical (unpaired) electrons. The van der Waals surface area contributed by atoms with Crippen molar-refractivity contribution < 1.29 is 9.90 Å². The van der Waals surface area contributed by atoms with E-state index >= 15 is 0 Å². The number of amides is 1. The third-order valence-corrected chi connectivity index (χ3v) is 3.58. The summed E-state index contributed by atoms with van der Waals surface area (Å²) in [7, 11) is 1.82. The Morgan fingerprint density at radius 3 is 2.60 bits per heavy atom. The Kier molecular flexibility index (Phi) is 5.35. The van der Waals surface area contributed by atoms with Gasteiger partial charge in [-0.3, -0.25) is 4.79 Å². The first kappa shape index (κ1) is 16.3. The molecule has 0 spiro atoms. The Balaban J connectivity index is 2.98. The largest absolute Gasteiger partial charge is 0.384 e. The van der Waals surface area contributed by atoms with Gasteiger partial charge in [0, 0.05) is 24.2 Å². The van der Waals surface area contributed by atoms with Gasteiger partial charge in [0.05, 0.1) is 0 Å². The first-order chi connectivity index (χ1) is 9.27. The molecule has 1 aromatic rings. The summed E-state index contributed by atoms with van der Waals surface area (Å²) in [6, 6.07) is 7.31. The zero-order valence-corrected chi connectivity index (χ0v) is 12.9. The van der Waals surface area contributed by atoms with Crippen molar-refractivity contribution >= 4 is 5.91 Å². The van der Waals surface area contributed by atoms with Gasteiger partial charge in [-0.15, -0.1) is 0 Å². The van der Waals surface area contributed by atoms with Crippen molar-refractivity contribution in [2.24, 2.45) is 5.41 Å². The van der Waals surface area contributed by atoms with E-state index in [0.717, 1.165) is 5.56 Å². The smallest absolute Gasteiger partial charge is 0.253 e. The van der Waals surface area contributed by atoms with Crippen LogP contribution in [-0.4, -0.2) is 35.6 Å². The number of rotatable bonds is 2. The number of benzene rings is 1. The predicted octanol–water partition coefficient (Wildman–Crippen LogP) is 2.54. The fraction of sp³-hybridized carbons (Fsp3) is 0.471. The summed E-state index contributed by atoms with van der Waals surface area (Å²) in [4.78, 5) is 14.2. The van der Waals surface area contributed by atoms with Gasteiger partial charge in [0.2, 0.25) is 0 Å². The van der Waals surface area contributed by atoms with Crippen molar-refractivity contribution in [2.45, 2.75) is 33.7 Å². The molecular weight excluding hydrogens is 250 g/mol. The van der Waals surface area contributed by atoms with Crippen LogP contribution in [0.3, 0.4) is 0 Å². The van der Waals surface area contributed by atoms with Gasteiger partial charge in [0.15, 0.2) is 0 Å². The Labute approximate surface area is 121 Å². The minimum Gasteiger partial charge on any atom is -0.384 e. The Hall–Kier alpha value is -1.79. The summed E-state index contributed by atoms with van der Waals surface area (Å²) in [6.45, 7) is 8.21. The Bertz CT molecular complexity index is 532. The van der Waals surface area contributed by atoms with E-state index in [1.807, 2.05) is 26.1 Å². The lowest BCUT2D eigenvalue weighted by atomic mass is 9.87. The van der Waals surface area contributed by atoms with Crippen molar-refractivity contribution in [1.29, 1.82) is 0 Å². The molecule has 0 heterocycles. The van der Waals surface area contributed by atoms with Crippen molar-refractivity contribution in [3.8, 4) is 11.8 Å². The van der Waals surface area contributed by atoms with Gasteiger partial charge < -0.3 is 10.0 Å². The summed E-state index contributed by atoms with van der Waals surface area (Å²) in [5.74, 6) is 5.39. The third kappa shape index (κ3) is 4.11. The fourth-order valence-electron chi connectivity index (χ4n) is 1.83. The van der Waals surface area contributed by atoms with Crippen LogP contribution in [0.5, 0.6) is 0 Å². The first-order valence-electron chi connectivity index (χ1n) is 6.74. The summed E-state index contributed by atoms with van der Waals surface area (Å²) >= 11 is 0. The maximum Gasteiger partial charge on any atom is 0.253 e. The molecule has 0 bridgehead atoms. The number of carbonyl (C=O) groups excluding carboxylic acids is 1. The van der Waals surface area contributed by atoms with Gasteiger partial charge in [0.25, 0.3) is 5.91 Å². The predicted molar refractivity (Wildman–Crippen MR) is 81.4 cm³/mol. The second kappa shape index (κ2) is 6.58. The molecule has 1 N–H and O–H groups in total. The average molecular weight is 273 g/mol. The molecule has 1 amide bonds. The van der Waals surface area contributed by atoms with E-state index in [0.29, 0.717) is 5.56 Å². The molecule has 3 heteroatoms. The lowest BCUT2D eigenvalue weighted by molar-refractivity contribution is 0.0629. The van der Waals surface area contributed by atoms with Crippen molar-refractivity contribution in [3.63, 3.8) is 0 Å². The van der Waals surface area contributed by atoms with E-state index < -0.39 is 0 Å². The van der Waals surface area contributed by atoms with Gasteiger partial charge in [-0.05, 0) is 30.5 Å². The zero-order valence-electron chi connectivity index (χ0n) is 12.9. The topological polar surface area (TPSA) is 40.5 Å². The highest BCUT2D eigenvalue weighted by molar-refractivity contribution is 5.94. The average Bonchev–Trinajstić information content (AvgIpc) is 2.42. The van der Waals surface area contributed by atoms with Crippen LogP contribution in [0.4, 0.5) is 0 Å². The van der Waals surface area contributed by atoms with Crippen LogP contribution in [0.25, 0.3) is 0 Å². The minimum absolute atomic E-state index is 0.0138. The van der Waals surface area contributed by atoms with Crippen LogP contribution >= 0.6 is 0 Å². The molecule has 1 aromatic carbocycles. The van der Waals surface area contributed by atoms with Crippen LogP contribution in [0.1, 0.15) is 43.6 Å². The SMILES string of the molecule is CC(N(C)C(=O)c1cccc(C#CCO)c1)C(C)(C)C. The van der Waals surface area contributed by atoms with Gasteiger partial charge in [0.1, 0.15) is 6.61 Å². The second-order valence-electron chi connectivity index (χ2n) is 6.00. The summed E-state index contributed by atoms with van der Waals surface area (Å²) in [5, 5.41) is 8.71. The third-order valence-electron chi connectivity index (χ3n) is 3.58. The minimum atomic E-state index is -0.181. The number of carbonyl (C=O) groups is 1. The molecule has 1 unspecified atom stereocenters. The zero-order chi connectivity index (χ0) is 15.3. The van der Waals surface area contributed by atoms with Crippen LogP contribution < -0.4 is 0 Å². The van der Waals surface area contributed by atoms with Crippen molar-refractivity contribution in [3.05, 3.63) is 35.4 Å². The standard InChI is InChI=1S/C17H23NO2/c1-13(17(2,3)4)18(5)16(20)15-10-6-8-14(12-15)9-7-11-19/h6,8,10,12-13,19H,11H2,1-5H3. The molecule has 108 valence electrons. The lowest BCUT2D eigenvalue weighted by Gasteiger charge is -2.35. The van der Waals surface area contributed by atoms with Gasteiger partial charge in [-0.25, -0.2) is 0 Å². The number of nitrogens with zero attached hydrogens (tertiary/aromatic N) is 1. The monoisotopic (exact) mass is 273 g/mol. The van der Waals surface area contributed by atoms with Gasteiger partial charge in [-0.2, -0.15) is 0 Å². The van der Waals surface area contributed by atoms with E-state index in [2.05, 4.69) is 32.6 Å². The maximum atomic E-state index is 12.5. The van der Waals surface area contributed by atoms with Crippen LogP contribution in [0.15, 0.2) is 24.3 Å². The van der Waals surface area contributed by atoms with E-state index in [-0.39, 0.29) is 24.0 Å². The van der Waals surface area contributed by atoms with Gasteiger partial charge >= 0.3 is 0 Å². The van der Waals surface area contributed by atoms with E-state index in [1.54, 1.807) is 17.0 Å². The molecule has 20 heavy (non-hydrogen) atoms. The van der Waals surface area contributed by atoms with E-state index in [9.17, 15) is 4.79 Å². The van der Waals surface area contributed by atoms with Crippen molar-refractivity contribution in [2.75, 3.05) is 13.7 Å². The quantitative estimate of drug-likeness (QED) is 0.841.